The van der Waals surface area contributed by atoms with Crippen LogP contribution in [0.1, 0.15) is 79.1 Å². The molecule has 0 aromatic rings. The summed E-state index contributed by atoms with van der Waals surface area (Å²) in [6, 6.07) is 0. The minimum absolute atomic E-state index is 0.0903. The quantitative estimate of drug-likeness (QED) is 0.249. The van der Waals surface area contributed by atoms with E-state index in [1.807, 2.05) is 13.8 Å². The van der Waals surface area contributed by atoms with E-state index < -0.39 is 5.54 Å². The molecule has 0 saturated carbocycles. The lowest BCUT2D eigenvalue weighted by molar-refractivity contribution is -0.110. The molecule has 0 aromatic carbocycles. The molecule has 3 unspecified atom stereocenters. The van der Waals surface area contributed by atoms with Gasteiger partial charge in [0.05, 0.1) is 5.54 Å². The molecule has 0 fully saturated rings. The zero-order valence-electron chi connectivity index (χ0n) is 14.3. The molecule has 21 heavy (non-hydrogen) atoms. The molecule has 3 nitrogen and oxygen atoms in total. The Hall–Kier alpha value is -0.990. The van der Waals surface area contributed by atoms with Gasteiger partial charge in [0, 0.05) is 5.92 Å². The van der Waals surface area contributed by atoms with Gasteiger partial charge in [-0.25, -0.2) is 0 Å². The zero-order valence-corrected chi connectivity index (χ0v) is 14.3. The molecule has 0 aliphatic heterocycles. The predicted octanol–water partition coefficient (Wildman–Crippen LogP) is 5.68. The second-order valence-electron chi connectivity index (χ2n) is 6.74. The maximum absolute atomic E-state index is 11.1. The highest BCUT2D eigenvalue weighted by molar-refractivity contribution is 5.52. The van der Waals surface area contributed by atoms with Crippen molar-refractivity contribution in [3.8, 4) is 0 Å². The van der Waals surface area contributed by atoms with Gasteiger partial charge in [-0.2, -0.15) is 4.91 Å². The number of nitrogens with zero attached hydrogens (tertiary/aromatic N) is 1. The van der Waals surface area contributed by atoms with E-state index in [4.69, 9.17) is 0 Å². The number of carbonyl (C=O) groups excluding carboxylic acids is 1. The number of hydrogen-bond donors (Lipinski definition) is 0. The van der Waals surface area contributed by atoms with Gasteiger partial charge in [0.1, 0.15) is 6.29 Å². The highest BCUT2D eigenvalue weighted by Gasteiger charge is 2.24. The number of hydrogen-bond acceptors (Lipinski definition) is 3. The number of rotatable bonds is 13. The van der Waals surface area contributed by atoms with E-state index in [1.165, 1.54) is 6.42 Å². The van der Waals surface area contributed by atoms with Crippen molar-refractivity contribution >= 4 is 6.29 Å². The number of aldehydes is 1. The van der Waals surface area contributed by atoms with Gasteiger partial charge >= 0.3 is 0 Å². The molecule has 0 aliphatic carbocycles. The fourth-order valence-corrected chi connectivity index (χ4v) is 2.61. The van der Waals surface area contributed by atoms with Gasteiger partial charge in [0.25, 0.3) is 0 Å². The molecule has 0 bridgehead atoms. The standard InChI is InChI=1S/C18H33NO2/c1-5-6-7-10-16(2)11-8-13-18(4,19-21)14-9-12-17(3)15-20/h5-6,15-17H,7-14H2,1-4H3/b6-5-. The number of carbonyl (C=O) groups is 1. The van der Waals surface area contributed by atoms with Crippen LogP contribution in [-0.2, 0) is 4.79 Å². The summed E-state index contributed by atoms with van der Waals surface area (Å²) in [7, 11) is 0. The summed E-state index contributed by atoms with van der Waals surface area (Å²) in [5.41, 5.74) is -0.453. The highest BCUT2D eigenvalue weighted by Crippen LogP contribution is 2.27. The fraction of sp³-hybridized carbons (Fsp3) is 0.833. The van der Waals surface area contributed by atoms with Crippen molar-refractivity contribution in [3.05, 3.63) is 17.1 Å². The minimum Gasteiger partial charge on any atom is -0.303 e. The molecule has 0 radical (unpaired) electrons. The molecule has 0 heterocycles. The van der Waals surface area contributed by atoms with Crippen molar-refractivity contribution < 1.29 is 4.79 Å². The lowest BCUT2D eigenvalue weighted by atomic mass is 9.87. The third-order valence-electron chi connectivity index (χ3n) is 4.30. The molecule has 0 spiro atoms. The van der Waals surface area contributed by atoms with Crippen LogP contribution in [0.15, 0.2) is 17.3 Å². The SMILES string of the molecule is C/C=C\CCC(C)CCCC(C)(CCCC(C)C=O)N=O. The number of allylic oxidation sites excluding steroid dienone is 2. The Kier molecular flexibility index (Phi) is 11.1. The molecular formula is C18H33NO2. The second kappa shape index (κ2) is 11.6. The van der Waals surface area contributed by atoms with Crippen LogP contribution in [0.4, 0.5) is 0 Å². The lowest BCUT2D eigenvalue weighted by Crippen LogP contribution is -2.21. The van der Waals surface area contributed by atoms with Gasteiger partial charge < -0.3 is 4.79 Å². The third-order valence-corrected chi connectivity index (χ3v) is 4.30. The van der Waals surface area contributed by atoms with E-state index in [9.17, 15) is 9.70 Å². The average molecular weight is 295 g/mol. The van der Waals surface area contributed by atoms with Gasteiger partial charge in [-0.05, 0) is 51.9 Å². The van der Waals surface area contributed by atoms with Crippen molar-refractivity contribution in [2.24, 2.45) is 17.0 Å². The summed E-state index contributed by atoms with van der Waals surface area (Å²) >= 11 is 0. The summed E-state index contributed by atoms with van der Waals surface area (Å²) in [5.74, 6) is 0.791. The van der Waals surface area contributed by atoms with E-state index in [-0.39, 0.29) is 5.92 Å². The topological polar surface area (TPSA) is 46.5 Å². The van der Waals surface area contributed by atoms with E-state index in [1.54, 1.807) is 0 Å². The van der Waals surface area contributed by atoms with Gasteiger partial charge in [-0.1, -0.05) is 50.4 Å². The van der Waals surface area contributed by atoms with Gasteiger partial charge in [-0.3, -0.25) is 0 Å². The van der Waals surface area contributed by atoms with Crippen LogP contribution in [0.3, 0.4) is 0 Å². The second-order valence-corrected chi connectivity index (χ2v) is 6.74. The highest BCUT2D eigenvalue weighted by atomic mass is 16.3. The Morgan fingerprint density at radius 3 is 2.24 bits per heavy atom. The monoisotopic (exact) mass is 295 g/mol. The first-order valence-corrected chi connectivity index (χ1v) is 8.38. The Balaban J connectivity index is 3.95. The zero-order chi connectivity index (χ0) is 16.1. The number of nitroso groups, excluding NO2 is 1. The maximum Gasteiger partial charge on any atom is 0.122 e. The Bertz CT molecular complexity index is 314. The van der Waals surface area contributed by atoms with Gasteiger partial charge in [0.15, 0.2) is 0 Å². The molecule has 122 valence electrons. The Morgan fingerprint density at radius 1 is 1.10 bits per heavy atom. The summed E-state index contributed by atoms with van der Waals surface area (Å²) in [4.78, 5) is 21.7. The fourth-order valence-electron chi connectivity index (χ4n) is 2.61. The van der Waals surface area contributed by atoms with Crippen LogP contribution in [-0.4, -0.2) is 11.8 Å². The van der Waals surface area contributed by atoms with Crippen molar-refractivity contribution in [1.29, 1.82) is 0 Å². The predicted molar refractivity (Wildman–Crippen MR) is 90.3 cm³/mol. The molecule has 0 saturated heterocycles. The Morgan fingerprint density at radius 2 is 1.71 bits per heavy atom. The summed E-state index contributed by atoms with van der Waals surface area (Å²) in [5, 5.41) is 3.37. The van der Waals surface area contributed by atoms with Crippen molar-refractivity contribution in [1.82, 2.24) is 0 Å². The first kappa shape index (κ1) is 20.0. The molecule has 3 heteroatoms. The molecular weight excluding hydrogens is 262 g/mol. The van der Waals surface area contributed by atoms with Gasteiger partial charge in [-0.15, -0.1) is 0 Å². The minimum atomic E-state index is -0.453. The Labute approximate surface area is 130 Å². The molecule has 0 N–H and O–H groups in total. The molecule has 0 aliphatic rings. The lowest BCUT2D eigenvalue weighted by Gasteiger charge is -2.22. The summed E-state index contributed by atoms with van der Waals surface area (Å²) < 4.78 is 0. The third kappa shape index (κ3) is 10.4. The van der Waals surface area contributed by atoms with E-state index in [2.05, 4.69) is 31.2 Å². The van der Waals surface area contributed by atoms with Crippen molar-refractivity contribution in [3.63, 3.8) is 0 Å². The van der Waals surface area contributed by atoms with E-state index in [0.29, 0.717) is 5.92 Å². The summed E-state index contributed by atoms with van der Waals surface area (Å²) in [6.07, 6.45) is 13.3. The molecule has 0 amide bonds. The maximum atomic E-state index is 11.1. The molecule has 0 rings (SSSR count). The van der Waals surface area contributed by atoms with Crippen LogP contribution < -0.4 is 0 Å². The normalized spacial score (nSPS) is 17.3. The smallest absolute Gasteiger partial charge is 0.122 e. The van der Waals surface area contributed by atoms with E-state index >= 15 is 0 Å². The van der Waals surface area contributed by atoms with Crippen LogP contribution in [0, 0.1) is 16.7 Å². The van der Waals surface area contributed by atoms with Crippen LogP contribution >= 0.6 is 0 Å². The summed E-state index contributed by atoms with van der Waals surface area (Å²) in [6.45, 7) is 8.21. The first-order chi connectivity index (χ1) is 9.97. The van der Waals surface area contributed by atoms with E-state index in [0.717, 1.165) is 51.2 Å². The largest absolute Gasteiger partial charge is 0.303 e. The van der Waals surface area contributed by atoms with Crippen LogP contribution in [0.25, 0.3) is 0 Å². The van der Waals surface area contributed by atoms with Crippen molar-refractivity contribution in [2.75, 3.05) is 0 Å². The van der Waals surface area contributed by atoms with Crippen LogP contribution in [0.2, 0.25) is 0 Å². The average Bonchev–Trinajstić information content (AvgIpc) is 2.47. The van der Waals surface area contributed by atoms with Crippen molar-refractivity contribution in [2.45, 2.75) is 84.6 Å². The van der Waals surface area contributed by atoms with Crippen LogP contribution in [0.5, 0.6) is 0 Å². The molecule has 3 atom stereocenters. The van der Waals surface area contributed by atoms with Gasteiger partial charge in [0.2, 0.25) is 0 Å². The molecule has 0 aromatic heterocycles. The first-order valence-electron chi connectivity index (χ1n) is 8.38.